The van der Waals surface area contributed by atoms with Gasteiger partial charge in [-0.15, -0.1) is 0 Å². The molecule has 0 heterocycles. The second-order valence-electron chi connectivity index (χ2n) is 4.34. The van der Waals surface area contributed by atoms with Crippen LogP contribution in [0, 0.1) is 5.82 Å². The summed E-state index contributed by atoms with van der Waals surface area (Å²) in [6, 6.07) is 6.31. The zero-order chi connectivity index (χ0) is 13.5. The molecule has 0 aromatic heterocycles. The number of nitrogens with zero attached hydrogens (tertiary/aromatic N) is 1. The van der Waals surface area contributed by atoms with Crippen molar-refractivity contribution in [3.8, 4) is 0 Å². The molecule has 0 bridgehead atoms. The van der Waals surface area contributed by atoms with Crippen LogP contribution in [0.5, 0.6) is 0 Å². The van der Waals surface area contributed by atoms with Crippen molar-refractivity contribution in [1.29, 1.82) is 0 Å². The van der Waals surface area contributed by atoms with Crippen molar-refractivity contribution in [1.82, 2.24) is 10.2 Å². The SMILES string of the molecule is CNC(CCN(C)CC(F)F)c1cccc(F)c1. The highest BCUT2D eigenvalue weighted by Gasteiger charge is 2.13. The maximum atomic E-state index is 13.1. The van der Waals surface area contributed by atoms with Gasteiger partial charge in [-0.2, -0.15) is 0 Å². The highest BCUT2D eigenvalue weighted by molar-refractivity contribution is 5.20. The largest absolute Gasteiger partial charge is 0.313 e. The highest BCUT2D eigenvalue weighted by Crippen LogP contribution is 2.17. The average molecular weight is 260 g/mol. The molecule has 0 saturated heterocycles. The van der Waals surface area contributed by atoms with Crippen LogP contribution in [0.2, 0.25) is 0 Å². The summed E-state index contributed by atoms with van der Waals surface area (Å²) in [4.78, 5) is 1.58. The zero-order valence-electron chi connectivity index (χ0n) is 10.7. The Labute approximate surface area is 106 Å². The lowest BCUT2D eigenvalue weighted by atomic mass is 10.0. The van der Waals surface area contributed by atoms with Gasteiger partial charge >= 0.3 is 0 Å². The van der Waals surface area contributed by atoms with Crippen molar-refractivity contribution in [2.24, 2.45) is 0 Å². The van der Waals surface area contributed by atoms with Gasteiger partial charge in [0.2, 0.25) is 0 Å². The predicted octanol–water partition coefficient (Wildman–Crippen LogP) is 2.67. The Hall–Kier alpha value is -1.07. The summed E-state index contributed by atoms with van der Waals surface area (Å²) in [5.41, 5.74) is 0.836. The molecule has 0 aliphatic carbocycles. The van der Waals surface area contributed by atoms with Crippen LogP contribution >= 0.6 is 0 Å². The minimum Gasteiger partial charge on any atom is -0.313 e. The maximum absolute atomic E-state index is 13.1. The van der Waals surface area contributed by atoms with Gasteiger partial charge in [0.15, 0.2) is 0 Å². The van der Waals surface area contributed by atoms with Gasteiger partial charge in [0, 0.05) is 6.04 Å². The van der Waals surface area contributed by atoms with Crippen LogP contribution < -0.4 is 5.32 Å². The fraction of sp³-hybridized carbons (Fsp3) is 0.538. The van der Waals surface area contributed by atoms with Crippen LogP contribution in [-0.4, -0.2) is 38.5 Å². The quantitative estimate of drug-likeness (QED) is 0.811. The topological polar surface area (TPSA) is 15.3 Å². The molecule has 0 radical (unpaired) electrons. The molecule has 1 aromatic carbocycles. The van der Waals surface area contributed by atoms with Crippen molar-refractivity contribution >= 4 is 0 Å². The normalized spacial score (nSPS) is 13.3. The van der Waals surface area contributed by atoms with Crippen molar-refractivity contribution in [2.45, 2.75) is 18.9 Å². The summed E-state index contributed by atoms with van der Waals surface area (Å²) in [7, 11) is 3.44. The van der Waals surface area contributed by atoms with Gasteiger partial charge in [0.25, 0.3) is 6.43 Å². The third-order valence-corrected chi connectivity index (χ3v) is 2.85. The molecule has 0 aliphatic rings. The molecule has 2 nitrogen and oxygen atoms in total. The first kappa shape index (κ1) is 15.0. The van der Waals surface area contributed by atoms with E-state index in [1.807, 2.05) is 6.07 Å². The number of hydrogen-bond donors (Lipinski definition) is 1. The van der Waals surface area contributed by atoms with E-state index in [9.17, 15) is 13.2 Å². The Morgan fingerprint density at radius 1 is 1.33 bits per heavy atom. The molecular formula is C13H19F3N2. The minimum absolute atomic E-state index is 0.0270. The van der Waals surface area contributed by atoms with Crippen molar-refractivity contribution in [2.75, 3.05) is 27.2 Å². The molecule has 102 valence electrons. The molecule has 0 amide bonds. The van der Waals surface area contributed by atoms with Crippen LogP contribution in [0.3, 0.4) is 0 Å². The van der Waals surface area contributed by atoms with Gasteiger partial charge in [-0.05, 0) is 44.8 Å². The highest BCUT2D eigenvalue weighted by atomic mass is 19.3. The van der Waals surface area contributed by atoms with E-state index in [0.717, 1.165) is 5.56 Å². The Morgan fingerprint density at radius 3 is 2.61 bits per heavy atom. The first-order valence-corrected chi connectivity index (χ1v) is 5.92. The number of halogens is 3. The average Bonchev–Trinajstić information content (AvgIpc) is 2.29. The molecule has 0 aliphatic heterocycles. The van der Waals surface area contributed by atoms with E-state index < -0.39 is 6.43 Å². The predicted molar refractivity (Wildman–Crippen MR) is 66.3 cm³/mol. The first-order valence-electron chi connectivity index (χ1n) is 5.92. The summed E-state index contributed by atoms with van der Waals surface area (Å²) in [5, 5.41) is 3.07. The Bertz CT molecular complexity index is 358. The Kier molecular flexibility index (Phi) is 6.15. The van der Waals surface area contributed by atoms with Crippen LogP contribution in [0.25, 0.3) is 0 Å². The van der Waals surface area contributed by atoms with Crippen molar-refractivity contribution < 1.29 is 13.2 Å². The zero-order valence-corrected chi connectivity index (χ0v) is 10.7. The van der Waals surface area contributed by atoms with E-state index in [4.69, 9.17) is 0 Å². The van der Waals surface area contributed by atoms with Crippen LogP contribution in [0.4, 0.5) is 13.2 Å². The molecule has 1 N–H and O–H groups in total. The lowest BCUT2D eigenvalue weighted by molar-refractivity contribution is 0.0986. The van der Waals surface area contributed by atoms with Gasteiger partial charge in [-0.25, -0.2) is 13.2 Å². The van der Waals surface area contributed by atoms with Crippen LogP contribution in [0.15, 0.2) is 24.3 Å². The third kappa shape index (κ3) is 5.06. The molecule has 5 heteroatoms. The van der Waals surface area contributed by atoms with E-state index in [-0.39, 0.29) is 18.4 Å². The van der Waals surface area contributed by atoms with Gasteiger partial charge < -0.3 is 10.2 Å². The van der Waals surface area contributed by atoms with Gasteiger partial charge in [0.05, 0.1) is 6.54 Å². The van der Waals surface area contributed by atoms with E-state index in [1.54, 1.807) is 25.1 Å². The number of benzene rings is 1. The molecule has 1 aromatic rings. The first-order chi connectivity index (χ1) is 8.52. The van der Waals surface area contributed by atoms with Crippen LogP contribution in [0.1, 0.15) is 18.0 Å². The number of rotatable bonds is 7. The standard InChI is InChI=1S/C13H19F3N2/c1-17-12(6-7-18(2)9-13(15)16)10-4-3-5-11(14)8-10/h3-5,8,12-13,17H,6-7,9H2,1-2H3. The van der Waals surface area contributed by atoms with Crippen molar-refractivity contribution in [3.63, 3.8) is 0 Å². The minimum atomic E-state index is -2.32. The van der Waals surface area contributed by atoms with Crippen LogP contribution in [-0.2, 0) is 0 Å². The molecular weight excluding hydrogens is 241 g/mol. The van der Waals surface area contributed by atoms with Gasteiger partial charge in [0.1, 0.15) is 5.82 Å². The van der Waals surface area contributed by atoms with Crippen molar-refractivity contribution in [3.05, 3.63) is 35.6 Å². The lowest BCUT2D eigenvalue weighted by Gasteiger charge is -2.21. The fourth-order valence-corrected chi connectivity index (χ4v) is 1.88. The molecule has 0 spiro atoms. The smallest absolute Gasteiger partial charge is 0.251 e. The van der Waals surface area contributed by atoms with Gasteiger partial charge in [-0.3, -0.25) is 0 Å². The monoisotopic (exact) mass is 260 g/mol. The second kappa shape index (κ2) is 7.38. The molecule has 1 unspecified atom stereocenters. The summed E-state index contributed by atoms with van der Waals surface area (Å²) >= 11 is 0. The van der Waals surface area contributed by atoms with E-state index in [0.29, 0.717) is 13.0 Å². The summed E-state index contributed by atoms with van der Waals surface area (Å²) in [6.45, 7) is 0.298. The molecule has 18 heavy (non-hydrogen) atoms. The molecule has 0 fully saturated rings. The maximum Gasteiger partial charge on any atom is 0.251 e. The number of nitrogens with one attached hydrogen (secondary N) is 1. The van der Waals surface area contributed by atoms with E-state index in [2.05, 4.69) is 5.32 Å². The van der Waals surface area contributed by atoms with E-state index in [1.165, 1.54) is 12.1 Å². The summed E-state index contributed by atoms with van der Waals surface area (Å²) in [5.74, 6) is -0.284. The molecule has 0 saturated carbocycles. The Morgan fingerprint density at radius 2 is 2.06 bits per heavy atom. The third-order valence-electron chi connectivity index (χ3n) is 2.85. The number of alkyl halides is 2. The molecule has 1 atom stereocenters. The Balaban J connectivity index is 2.52. The summed E-state index contributed by atoms with van der Waals surface area (Å²) in [6.07, 6.45) is -1.67. The molecule has 1 rings (SSSR count). The van der Waals surface area contributed by atoms with Gasteiger partial charge in [-0.1, -0.05) is 12.1 Å². The lowest BCUT2D eigenvalue weighted by Crippen LogP contribution is -2.29. The second-order valence-corrected chi connectivity index (χ2v) is 4.34. The number of hydrogen-bond acceptors (Lipinski definition) is 2. The fourth-order valence-electron chi connectivity index (χ4n) is 1.88. The van der Waals surface area contributed by atoms with E-state index >= 15 is 0 Å². The summed E-state index contributed by atoms with van der Waals surface area (Å²) < 4.78 is 37.4.